The molecule has 2 aliphatic rings. The quantitative estimate of drug-likeness (QED) is 0.221. The maximum Gasteiger partial charge on any atom is 0.233 e. The summed E-state index contributed by atoms with van der Waals surface area (Å²) in [5.74, 6) is 0.834. The summed E-state index contributed by atoms with van der Waals surface area (Å²) in [6.07, 6.45) is 9.05. The van der Waals surface area contributed by atoms with Gasteiger partial charge in [-0.1, -0.05) is 30.8 Å². The van der Waals surface area contributed by atoms with Crippen molar-refractivity contribution in [1.29, 1.82) is 0 Å². The molecular weight excluding hydrogens is 230 g/mol. The molecule has 4 N–H and O–H groups in total. The Labute approximate surface area is 108 Å². The van der Waals surface area contributed by atoms with Gasteiger partial charge in [-0.05, 0) is 31.6 Å². The number of nitrogens with two attached hydrogens (primary N) is 1. The van der Waals surface area contributed by atoms with E-state index in [2.05, 4.69) is 10.5 Å². The lowest BCUT2D eigenvalue weighted by Crippen LogP contribution is -2.41. The first-order chi connectivity index (χ1) is 8.69. The molecule has 2 fully saturated rings. The highest BCUT2D eigenvalue weighted by Gasteiger charge is 2.54. The van der Waals surface area contributed by atoms with Gasteiger partial charge in [0.2, 0.25) is 5.91 Å². The molecule has 0 saturated heterocycles. The van der Waals surface area contributed by atoms with E-state index in [0.29, 0.717) is 19.4 Å². The first-order valence-electron chi connectivity index (χ1n) is 6.95. The first-order valence-corrected chi connectivity index (χ1v) is 6.95. The van der Waals surface area contributed by atoms with E-state index in [9.17, 15) is 4.79 Å². The van der Waals surface area contributed by atoms with Crippen molar-refractivity contribution in [3.05, 3.63) is 0 Å². The van der Waals surface area contributed by atoms with Crippen LogP contribution >= 0.6 is 0 Å². The molecule has 2 saturated carbocycles. The lowest BCUT2D eigenvalue weighted by Gasteiger charge is -2.14. The van der Waals surface area contributed by atoms with E-state index in [1.165, 1.54) is 32.1 Å². The van der Waals surface area contributed by atoms with Crippen molar-refractivity contribution >= 4 is 11.7 Å². The van der Waals surface area contributed by atoms with Gasteiger partial charge in [-0.15, -0.1) is 0 Å². The summed E-state index contributed by atoms with van der Waals surface area (Å²) in [5.41, 5.74) is 4.85. The van der Waals surface area contributed by atoms with Gasteiger partial charge in [0.25, 0.3) is 0 Å². The van der Waals surface area contributed by atoms with Crippen molar-refractivity contribution in [2.75, 3.05) is 6.54 Å². The zero-order valence-corrected chi connectivity index (χ0v) is 10.8. The second-order valence-electron chi connectivity index (χ2n) is 5.62. The second-order valence-corrected chi connectivity index (χ2v) is 5.62. The van der Waals surface area contributed by atoms with Crippen LogP contribution in [0.25, 0.3) is 0 Å². The van der Waals surface area contributed by atoms with Crippen molar-refractivity contribution < 1.29 is 10.0 Å². The molecule has 0 spiro atoms. The first kappa shape index (κ1) is 13.2. The third-order valence-electron chi connectivity index (χ3n) is 4.33. The number of amidine groups is 1. The minimum absolute atomic E-state index is 0.0517. The van der Waals surface area contributed by atoms with Gasteiger partial charge in [0.1, 0.15) is 5.41 Å². The van der Waals surface area contributed by atoms with Crippen LogP contribution < -0.4 is 11.1 Å². The van der Waals surface area contributed by atoms with Crippen molar-refractivity contribution in [2.45, 2.75) is 51.4 Å². The molecule has 5 nitrogen and oxygen atoms in total. The van der Waals surface area contributed by atoms with E-state index in [0.717, 1.165) is 12.3 Å². The minimum atomic E-state index is -0.706. The highest BCUT2D eigenvalue weighted by atomic mass is 16.4. The molecule has 1 amide bonds. The van der Waals surface area contributed by atoms with Crippen LogP contribution in [-0.2, 0) is 4.79 Å². The predicted molar refractivity (Wildman–Crippen MR) is 69.3 cm³/mol. The molecule has 102 valence electrons. The average Bonchev–Trinajstić information content (AvgIpc) is 3.04. The number of nitrogens with zero attached hydrogens (tertiary/aromatic N) is 1. The van der Waals surface area contributed by atoms with E-state index in [1.54, 1.807) is 0 Å². The lowest BCUT2D eigenvalue weighted by atomic mass is 10.0. The molecule has 2 aliphatic carbocycles. The molecule has 0 aliphatic heterocycles. The van der Waals surface area contributed by atoms with E-state index in [4.69, 9.17) is 10.9 Å². The Bertz CT molecular complexity index is 331. The van der Waals surface area contributed by atoms with Gasteiger partial charge in [0.15, 0.2) is 5.84 Å². The lowest BCUT2D eigenvalue weighted by molar-refractivity contribution is -0.124. The second kappa shape index (κ2) is 5.59. The number of amides is 1. The number of carbonyl (C=O) groups excluding carboxylic acids is 1. The van der Waals surface area contributed by atoms with Gasteiger partial charge in [0.05, 0.1) is 0 Å². The zero-order chi connectivity index (χ0) is 13.0. The molecule has 2 rings (SSSR count). The molecule has 0 atom stereocenters. The predicted octanol–water partition coefficient (Wildman–Crippen LogP) is 1.60. The number of rotatable bonds is 6. The summed E-state index contributed by atoms with van der Waals surface area (Å²) in [6, 6.07) is 0. The van der Waals surface area contributed by atoms with E-state index < -0.39 is 5.41 Å². The molecule has 0 aromatic carbocycles. The topological polar surface area (TPSA) is 87.7 Å². The van der Waals surface area contributed by atoms with Gasteiger partial charge in [-0.25, -0.2) is 0 Å². The van der Waals surface area contributed by atoms with E-state index in [-0.39, 0.29) is 11.7 Å². The molecule has 0 aromatic rings. The normalized spacial score (nSPS) is 23.0. The van der Waals surface area contributed by atoms with E-state index in [1.807, 2.05) is 0 Å². The fourth-order valence-electron chi connectivity index (χ4n) is 2.88. The Balaban J connectivity index is 1.66. The van der Waals surface area contributed by atoms with Gasteiger partial charge in [-0.3, -0.25) is 4.79 Å². The van der Waals surface area contributed by atoms with Gasteiger partial charge < -0.3 is 16.3 Å². The van der Waals surface area contributed by atoms with Crippen LogP contribution in [0.1, 0.15) is 51.4 Å². The minimum Gasteiger partial charge on any atom is -0.409 e. The van der Waals surface area contributed by atoms with Crippen LogP contribution in [0.15, 0.2) is 5.16 Å². The highest BCUT2D eigenvalue weighted by Crippen LogP contribution is 2.46. The molecule has 0 bridgehead atoms. The van der Waals surface area contributed by atoms with Crippen molar-refractivity contribution in [2.24, 2.45) is 22.2 Å². The molecule has 5 heteroatoms. The summed E-state index contributed by atoms with van der Waals surface area (Å²) in [7, 11) is 0. The van der Waals surface area contributed by atoms with Crippen LogP contribution in [0.3, 0.4) is 0 Å². The molecule has 18 heavy (non-hydrogen) atoms. The summed E-state index contributed by atoms with van der Waals surface area (Å²) >= 11 is 0. The van der Waals surface area contributed by atoms with Crippen LogP contribution in [0.2, 0.25) is 0 Å². The Morgan fingerprint density at radius 1 is 1.39 bits per heavy atom. The Morgan fingerprint density at radius 2 is 2.06 bits per heavy atom. The third-order valence-corrected chi connectivity index (χ3v) is 4.33. The van der Waals surface area contributed by atoms with E-state index >= 15 is 0 Å². The monoisotopic (exact) mass is 253 g/mol. The van der Waals surface area contributed by atoms with Crippen LogP contribution in [0.4, 0.5) is 0 Å². The molecule has 0 unspecified atom stereocenters. The fourth-order valence-corrected chi connectivity index (χ4v) is 2.88. The number of oxime groups is 1. The summed E-state index contributed by atoms with van der Waals surface area (Å²) in [5, 5.41) is 14.5. The van der Waals surface area contributed by atoms with Crippen LogP contribution in [-0.4, -0.2) is 23.5 Å². The van der Waals surface area contributed by atoms with Crippen molar-refractivity contribution in [3.8, 4) is 0 Å². The SMILES string of the molecule is NC(=NO)C1(C(=O)NCCCC2CCCC2)CC1. The number of hydrogen-bond donors (Lipinski definition) is 3. The number of carbonyl (C=O) groups is 1. The molecule has 0 radical (unpaired) electrons. The van der Waals surface area contributed by atoms with Crippen molar-refractivity contribution in [1.82, 2.24) is 5.32 Å². The standard InChI is InChI=1S/C13H23N3O2/c14-11(16-18)13(7-8-13)12(17)15-9-3-6-10-4-1-2-5-10/h10,18H,1-9H2,(H2,14,16)(H,15,17). The largest absolute Gasteiger partial charge is 0.409 e. The maximum atomic E-state index is 11.9. The Hall–Kier alpha value is -1.26. The van der Waals surface area contributed by atoms with Gasteiger partial charge in [-0.2, -0.15) is 0 Å². The smallest absolute Gasteiger partial charge is 0.233 e. The van der Waals surface area contributed by atoms with Crippen molar-refractivity contribution in [3.63, 3.8) is 0 Å². The number of hydrogen-bond acceptors (Lipinski definition) is 3. The highest BCUT2D eigenvalue weighted by molar-refractivity contribution is 6.09. The maximum absolute atomic E-state index is 11.9. The summed E-state index contributed by atoms with van der Waals surface area (Å²) in [4.78, 5) is 11.9. The average molecular weight is 253 g/mol. The Morgan fingerprint density at radius 3 is 2.61 bits per heavy atom. The molecule has 0 aromatic heterocycles. The number of nitrogens with one attached hydrogen (secondary N) is 1. The fraction of sp³-hybridized carbons (Fsp3) is 0.846. The molecule has 0 heterocycles. The summed E-state index contributed by atoms with van der Waals surface area (Å²) < 4.78 is 0. The van der Waals surface area contributed by atoms with Gasteiger partial charge >= 0.3 is 0 Å². The van der Waals surface area contributed by atoms with Crippen LogP contribution in [0, 0.1) is 11.3 Å². The van der Waals surface area contributed by atoms with Gasteiger partial charge in [0, 0.05) is 6.54 Å². The van der Waals surface area contributed by atoms with Crippen LogP contribution in [0.5, 0.6) is 0 Å². The molecular formula is C13H23N3O2. The third kappa shape index (κ3) is 2.76. The summed E-state index contributed by atoms with van der Waals surface area (Å²) in [6.45, 7) is 0.704. The zero-order valence-electron chi connectivity index (χ0n) is 10.8. The Kier molecular flexibility index (Phi) is 4.09.